The van der Waals surface area contributed by atoms with Crippen LogP contribution in [0.25, 0.3) is 0 Å². The number of hydrogen-bond donors (Lipinski definition) is 0. The standard InChI is InChI=1S/C14H13BrO2S2/c1-19(16,17)13-8-6-12(7-9-13)18-10-11-4-2-3-5-14(11)15/h2-9H,10H2,1H3. The number of rotatable bonds is 4. The molecular weight excluding hydrogens is 344 g/mol. The first-order chi connectivity index (χ1) is 8.97. The molecule has 5 heteroatoms. The second kappa shape index (κ2) is 6.11. The highest BCUT2D eigenvalue weighted by molar-refractivity contribution is 9.10. The zero-order valence-corrected chi connectivity index (χ0v) is 13.6. The fourth-order valence-corrected chi connectivity index (χ4v) is 3.70. The highest BCUT2D eigenvalue weighted by atomic mass is 79.9. The van der Waals surface area contributed by atoms with Crippen LogP contribution in [-0.4, -0.2) is 14.7 Å². The van der Waals surface area contributed by atoms with Gasteiger partial charge in [0.2, 0.25) is 0 Å². The molecule has 0 heterocycles. The van der Waals surface area contributed by atoms with Gasteiger partial charge < -0.3 is 0 Å². The fraction of sp³-hybridized carbons (Fsp3) is 0.143. The third-order valence-electron chi connectivity index (χ3n) is 2.60. The summed E-state index contributed by atoms with van der Waals surface area (Å²) in [5, 5.41) is 0. The summed E-state index contributed by atoms with van der Waals surface area (Å²) in [5.41, 5.74) is 1.22. The van der Waals surface area contributed by atoms with Crippen molar-refractivity contribution in [2.75, 3.05) is 6.26 Å². The molecule has 0 aliphatic carbocycles. The van der Waals surface area contributed by atoms with Crippen molar-refractivity contribution in [2.24, 2.45) is 0 Å². The first kappa shape index (κ1) is 14.6. The molecule has 0 spiro atoms. The Kier molecular flexibility index (Phi) is 4.71. The number of thioether (sulfide) groups is 1. The molecule has 19 heavy (non-hydrogen) atoms. The van der Waals surface area contributed by atoms with Crippen molar-refractivity contribution in [1.82, 2.24) is 0 Å². The van der Waals surface area contributed by atoms with E-state index < -0.39 is 9.84 Å². The zero-order chi connectivity index (χ0) is 13.9. The lowest BCUT2D eigenvalue weighted by Gasteiger charge is -2.05. The summed E-state index contributed by atoms with van der Waals surface area (Å²) in [4.78, 5) is 1.42. The lowest BCUT2D eigenvalue weighted by molar-refractivity contribution is 0.602. The summed E-state index contributed by atoms with van der Waals surface area (Å²) in [7, 11) is -3.11. The lowest BCUT2D eigenvalue weighted by Crippen LogP contribution is -1.96. The molecule has 0 N–H and O–H groups in total. The van der Waals surface area contributed by atoms with E-state index in [4.69, 9.17) is 0 Å². The van der Waals surface area contributed by atoms with Crippen LogP contribution in [0.15, 0.2) is 62.8 Å². The normalized spacial score (nSPS) is 11.5. The first-order valence-electron chi connectivity index (χ1n) is 5.63. The number of hydrogen-bond acceptors (Lipinski definition) is 3. The van der Waals surface area contributed by atoms with E-state index in [0.717, 1.165) is 15.1 Å². The van der Waals surface area contributed by atoms with Gasteiger partial charge in [0, 0.05) is 21.4 Å². The molecule has 0 saturated carbocycles. The van der Waals surface area contributed by atoms with Crippen molar-refractivity contribution in [1.29, 1.82) is 0 Å². The van der Waals surface area contributed by atoms with Gasteiger partial charge in [-0.15, -0.1) is 11.8 Å². The Morgan fingerprint density at radius 2 is 1.68 bits per heavy atom. The molecule has 2 nitrogen and oxygen atoms in total. The van der Waals surface area contributed by atoms with Crippen molar-refractivity contribution in [2.45, 2.75) is 15.5 Å². The number of halogens is 1. The fourth-order valence-electron chi connectivity index (χ4n) is 1.56. The second-order valence-electron chi connectivity index (χ2n) is 4.12. The van der Waals surface area contributed by atoms with Gasteiger partial charge in [-0.3, -0.25) is 0 Å². The molecule has 0 aliphatic rings. The van der Waals surface area contributed by atoms with E-state index >= 15 is 0 Å². The SMILES string of the molecule is CS(=O)(=O)c1ccc(SCc2ccccc2Br)cc1. The Balaban J connectivity index is 2.07. The van der Waals surface area contributed by atoms with Crippen LogP contribution in [0.2, 0.25) is 0 Å². The Hall–Kier alpha value is -0.780. The molecule has 0 aliphatic heterocycles. The monoisotopic (exact) mass is 356 g/mol. The zero-order valence-electron chi connectivity index (χ0n) is 10.3. The summed E-state index contributed by atoms with van der Waals surface area (Å²) in [5.74, 6) is 0.847. The molecule has 2 aromatic rings. The van der Waals surface area contributed by atoms with Crippen LogP contribution in [0.1, 0.15) is 5.56 Å². The van der Waals surface area contributed by atoms with Gasteiger partial charge in [0.1, 0.15) is 0 Å². The van der Waals surface area contributed by atoms with E-state index in [1.807, 2.05) is 30.3 Å². The first-order valence-corrected chi connectivity index (χ1v) is 9.30. The van der Waals surface area contributed by atoms with Gasteiger partial charge in [0.25, 0.3) is 0 Å². The summed E-state index contributed by atoms with van der Waals surface area (Å²) in [6, 6.07) is 15.1. The summed E-state index contributed by atoms with van der Waals surface area (Å²) in [6.45, 7) is 0. The maximum absolute atomic E-state index is 11.4. The predicted molar refractivity (Wildman–Crippen MR) is 83.3 cm³/mol. The quantitative estimate of drug-likeness (QED) is 0.771. The molecule has 0 aromatic heterocycles. The summed E-state index contributed by atoms with van der Waals surface area (Å²) in [6.07, 6.45) is 1.22. The molecule has 0 saturated heterocycles. The lowest BCUT2D eigenvalue weighted by atomic mass is 10.2. The van der Waals surface area contributed by atoms with Gasteiger partial charge in [-0.1, -0.05) is 34.1 Å². The summed E-state index contributed by atoms with van der Waals surface area (Å²) < 4.78 is 23.8. The van der Waals surface area contributed by atoms with Crippen LogP contribution in [0, 0.1) is 0 Å². The third-order valence-corrected chi connectivity index (χ3v) is 5.57. The van der Waals surface area contributed by atoms with E-state index in [1.54, 1.807) is 23.9 Å². The number of benzene rings is 2. The minimum atomic E-state index is -3.11. The highest BCUT2D eigenvalue weighted by Gasteiger charge is 2.06. The van der Waals surface area contributed by atoms with Crippen molar-refractivity contribution in [3.05, 3.63) is 58.6 Å². The van der Waals surface area contributed by atoms with Crippen LogP contribution in [0.4, 0.5) is 0 Å². The molecule has 0 unspecified atom stereocenters. The largest absolute Gasteiger partial charge is 0.224 e. The Morgan fingerprint density at radius 3 is 2.26 bits per heavy atom. The highest BCUT2D eigenvalue weighted by Crippen LogP contribution is 2.27. The topological polar surface area (TPSA) is 34.1 Å². The van der Waals surface area contributed by atoms with E-state index in [-0.39, 0.29) is 0 Å². The van der Waals surface area contributed by atoms with Crippen molar-refractivity contribution < 1.29 is 8.42 Å². The molecular formula is C14H13BrO2S2. The van der Waals surface area contributed by atoms with E-state index in [2.05, 4.69) is 22.0 Å². The number of sulfone groups is 1. The average Bonchev–Trinajstić information content (AvgIpc) is 2.37. The Bertz CT molecular complexity index is 664. The van der Waals surface area contributed by atoms with Crippen LogP contribution >= 0.6 is 27.7 Å². The minimum Gasteiger partial charge on any atom is -0.224 e. The van der Waals surface area contributed by atoms with E-state index in [1.165, 1.54) is 11.8 Å². The van der Waals surface area contributed by atoms with Crippen molar-refractivity contribution in [3.8, 4) is 0 Å². The molecule has 0 radical (unpaired) electrons. The van der Waals surface area contributed by atoms with Gasteiger partial charge in [-0.05, 0) is 35.9 Å². The molecule has 0 atom stereocenters. The van der Waals surface area contributed by atoms with Crippen LogP contribution in [0.3, 0.4) is 0 Å². The van der Waals surface area contributed by atoms with Crippen LogP contribution in [-0.2, 0) is 15.6 Å². The van der Waals surface area contributed by atoms with Gasteiger partial charge in [-0.2, -0.15) is 0 Å². The van der Waals surface area contributed by atoms with E-state index in [9.17, 15) is 8.42 Å². The van der Waals surface area contributed by atoms with Gasteiger partial charge in [-0.25, -0.2) is 8.42 Å². The molecule has 2 aromatic carbocycles. The summed E-state index contributed by atoms with van der Waals surface area (Å²) >= 11 is 5.20. The Morgan fingerprint density at radius 1 is 1.05 bits per heavy atom. The van der Waals surface area contributed by atoms with Crippen molar-refractivity contribution in [3.63, 3.8) is 0 Å². The average molecular weight is 357 g/mol. The van der Waals surface area contributed by atoms with E-state index in [0.29, 0.717) is 4.90 Å². The maximum Gasteiger partial charge on any atom is 0.175 e. The molecule has 0 bridgehead atoms. The van der Waals surface area contributed by atoms with Crippen LogP contribution < -0.4 is 0 Å². The molecule has 100 valence electrons. The third kappa shape index (κ3) is 4.09. The van der Waals surface area contributed by atoms with Crippen molar-refractivity contribution >= 4 is 37.5 Å². The predicted octanol–water partition coefficient (Wildman–Crippen LogP) is 4.14. The van der Waals surface area contributed by atoms with Crippen LogP contribution in [0.5, 0.6) is 0 Å². The van der Waals surface area contributed by atoms with Gasteiger partial charge in [0.05, 0.1) is 4.90 Å². The molecule has 0 amide bonds. The smallest absolute Gasteiger partial charge is 0.175 e. The van der Waals surface area contributed by atoms with Gasteiger partial charge >= 0.3 is 0 Å². The second-order valence-corrected chi connectivity index (χ2v) is 8.04. The molecule has 2 rings (SSSR count). The molecule has 0 fully saturated rings. The Labute approximate surface area is 126 Å². The minimum absolute atomic E-state index is 0.359. The van der Waals surface area contributed by atoms with Gasteiger partial charge in [0.15, 0.2) is 9.84 Å². The maximum atomic E-state index is 11.4.